The Hall–Kier alpha value is -2.51. The zero-order valence-electron chi connectivity index (χ0n) is 11.1. The summed E-state index contributed by atoms with van der Waals surface area (Å²) in [5.41, 5.74) is 0.0667. The molecule has 1 aliphatic rings. The summed E-state index contributed by atoms with van der Waals surface area (Å²) in [7, 11) is 1.25. The number of amides is 2. The van der Waals surface area contributed by atoms with Crippen molar-refractivity contribution in [1.82, 2.24) is 15.3 Å². The molecule has 0 aromatic carbocycles. The number of imide groups is 1. The fourth-order valence-corrected chi connectivity index (χ4v) is 1.99. The summed E-state index contributed by atoms with van der Waals surface area (Å²) in [6, 6.07) is -0.481. The van der Waals surface area contributed by atoms with Crippen LogP contribution in [0.3, 0.4) is 0 Å². The van der Waals surface area contributed by atoms with Crippen molar-refractivity contribution < 1.29 is 19.1 Å². The third kappa shape index (κ3) is 2.58. The fraction of sp³-hybridized carbons (Fsp3) is 0.417. The van der Waals surface area contributed by atoms with Gasteiger partial charge in [0.2, 0.25) is 11.8 Å². The van der Waals surface area contributed by atoms with Gasteiger partial charge < -0.3 is 9.64 Å². The van der Waals surface area contributed by atoms with E-state index < -0.39 is 17.9 Å². The van der Waals surface area contributed by atoms with Gasteiger partial charge in [-0.05, 0) is 6.42 Å². The fourth-order valence-electron chi connectivity index (χ4n) is 1.99. The van der Waals surface area contributed by atoms with Crippen LogP contribution in [0.5, 0.6) is 0 Å². The first kappa shape index (κ1) is 13.9. The van der Waals surface area contributed by atoms with E-state index in [1.165, 1.54) is 19.5 Å². The molecule has 1 aliphatic heterocycles. The van der Waals surface area contributed by atoms with Gasteiger partial charge in [-0.25, -0.2) is 14.8 Å². The Bertz CT molecular complexity index is 543. The van der Waals surface area contributed by atoms with E-state index in [-0.39, 0.29) is 18.1 Å². The monoisotopic (exact) mass is 278 g/mol. The number of ether oxygens (including phenoxy) is 1. The summed E-state index contributed by atoms with van der Waals surface area (Å²) >= 11 is 0. The molecule has 1 saturated heterocycles. The maximum absolute atomic E-state index is 11.7. The second kappa shape index (κ2) is 5.64. The SMILES string of the molecule is CCC1C(=O)NC(=O)CN1c1cnc(C(=O)OC)cn1. The predicted molar refractivity (Wildman–Crippen MR) is 67.9 cm³/mol. The number of esters is 1. The van der Waals surface area contributed by atoms with Crippen LogP contribution < -0.4 is 10.2 Å². The lowest BCUT2D eigenvalue weighted by Gasteiger charge is -2.33. The maximum Gasteiger partial charge on any atom is 0.358 e. The minimum Gasteiger partial charge on any atom is -0.464 e. The molecule has 2 amide bonds. The molecule has 106 valence electrons. The van der Waals surface area contributed by atoms with Crippen molar-refractivity contribution in [3.05, 3.63) is 18.1 Å². The molecule has 0 aliphatic carbocycles. The number of rotatable bonds is 3. The molecule has 8 heteroatoms. The first-order chi connectivity index (χ1) is 9.56. The second-order valence-electron chi connectivity index (χ2n) is 4.22. The number of anilines is 1. The highest BCUT2D eigenvalue weighted by Crippen LogP contribution is 2.17. The van der Waals surface area contributed by atoms with Crippen molar-refractivity contribution >= 4 is 23.6 Å². The van der Waals surface area contributed by atoms with Crippen LogP contribution in [0, 0.1) is 0 Å². The van der Waals surface area contributed by atoms with Gasteiger partial charge in [0, 0.05) is 0 Å². The molecule has 1 unspecified atom stereocenters. The molecule has 1 aromatic rings. The van der Waals surface area contributed by atoms with Crippen LogP contribution in [0.15, 0.2) is 12.4 Å². The largest absolute Gasteiger partial charge is 0.464 e. The summed E-state index contributed by atoms with van der Waals surface area (Å²) in [6.07, 6.45) is 3.13. The number of methoxy groups -OCH3 is 1. The van der Waals surface area contributed by atoms with Gasteiger partial charge >= 0.3 is 5.97 Å². The van der Waals surface area contributed by atoms with Crippen LogP contribution in [0.4, 0.5) is 5.82 Å². The molecule has 0 bridgehead atoms. The van der Waals surface area contributed by atoms with E-state index in [1.807, 2.05) is 6.92 Å². The van der Waals surface area contributed by atoms with Crippen LogP contribution in [-0.4, -0.2) is 47.4 Å². The molecule has 2 rings (SSSR count). The topological polar surface area (TPSA) is 101 Å². The Morgan fingerprint density at radius 3 is 2.75 bits per heavy atom. The molecule has 1 fully saturated rings. The molecular weight excluding hydrogens is 264 g/mol. The number of nitrogens with zero attached hydrogens (tertiary/aromatic N) is 3. The normalized spacial score (nSPS) is 18.7. The summed E-state index contributed by atoms with van der Waals surface area (Å²) in [4.78, 5) is 44.0. The van der Waals surface area contributed by atoms with Crippen molar-refractivity contribution in [2.45, 2.75) is 19.4 Å². The zero-order valence-corrected chi connectivity index (χ0v) is 11.1. The molecule has 1 N–H and O–H groups in total. The Morgan fingerprint density at radius 1 is 1.45 bits per heavy atom. The zero-order chi connectivity index (χ0) is 14.7. The van der Waals surface area contributed by atoms with Gasteiger partial charge in [0.15, 0.2) is 5.69 Å². The molecule has 2 heterocycles. The van der Waals surface area contributed by atoms with Gasteiger partial charge in [0.05, 0.1) is 26.0 Å². The van der Waals surface area contributed by atoms with Crippen LogP contribution >= 0.6 is 0 Å². The van der Waals surface area contributed by atoms with Gasteiger partial charge in [-0.1, -0.05) is 6.92 Å². The lowest BCUT2D eigenvalue weighted by atomic mass is 10.1. The molecular formula is C12H14N4O4. The number of carbonyl (C=O) groups excluding carboxylic acids is 3. The minimum atomic E-state index is -0.594. The second-order valence-corrected chi connectivity index (χ2v) is 4.22. The molecule has 1 atom stereocenters. The summed E-state index contributed by atoms with van der Waals surface area (Å²) in [5, 5.41) is 2.28. The average Bonchev–Trinajstić information content (AvgIpc) is 2.46. The summed E-state index contributed by atoms with van der Waals surface area (Å²) in [5.74, 6) is -0.975. The highest BCUT2D eigenvalue weighted by Gasteiger charge is 2.33. The Labute approximate surface area is 115 Å². The summed E-state index contributed by atoms with van der Waals surface area (Å²) < 4.78 is 4.52. The summed E-state index contributed by atoms with van der Waals surface area (Å²) in [6.45, 7) is 1.86. The van der Waals surface area contributed by atoms with Crippen molar-refractivity contribution in [2.75, 3.05) is 18.6 Å². The third-order valence-electron chi connectivity index (χ3n) is 2.97. The minimum absolute atomic E-state index is 0.0243. The van der Waals surface area contributed by atoms with Crippen LogP contribution in [0.1, 0.15) is 23.8 Å². The van der Waals surface area contributed by atoms with E-state index in [4.69, 9.17) is 0 Å². The Kier molecular flexibility index (Phi) is 3.92. The molecule has 1 aromatic heterocycles. The molecule has 0 saturated carbocycles. The van der Waals surface area contributed by atoms with E-state index in [0.29, 0.717) is 12.2 Å². The first-order valence-electron chi connectivity index (χ1n) is 6.07. The number of hydrogen-bond donors (Lipinski definition) is 1. The van der Waals surface area contributed by atoms with Crippen LogP contribution in [0.2, 0.25) is 0 Å². The highest BCUT2D eigenvalue weighted by molar-refractivity contribution is 6.04. The number of hydrogen-bond acceptors (Lipinski definition) is 7. The Morgan fingerprint density at radius 2 is 2.20 bits per heavy atom. The van der Waals surface area contributed by atoms with E-state index in [0.717, 1.165) is 0 Å². The highest BCUT2D eigenvalue weighted by atomic mass is 16.5. The van der Waals surface area contributed by atoms with Crippen LogP contribution in [-0.2, 0) is 14.3 Å². The molecule has 8 nitrogen and oxygen atoms in total. The number of aromatic nitrogens is 2. The van der Waals surface area contributed by atoms with Gasteiger partial charge in [0.1, 0.15) is 11.9 Å². The number of carbonyl (C=O) groups is 3. The molecule has 0 radical (unpaired) electrons. The molecule has 0 spiro atoms. The smallest absolute Gasteiger partial charge is 0.358 e. The number of piperazine rings is 1. The van der Waals surface area contributed by atoms with Crippen molar-refractivity contribution in [3.63, 3.8) is 0 Å². The third-order valence-corrected chi connectivity index (χ3v) is 2.97. The van der Waals surface area contributed by atoms with E-state index in [1.54, 1.807) is 4.90 Å². The lowest BCUT2D eigenvalue weighted by Crippen LogP contribution is -2.58. The predicted octanol–water partition coefficient (Wildman–Crippen LogP) is -0.495. The Balaban J connectivity index is 2.26. The van der Waals surface area contributed by atoms with Crippen molar-refractivity contribution in [1.29, 1.82) is 0 Å². The van der Waals surface area contributed by atoms with Crippen LogP contribution in [0.25, 0.3) is 0 Å². The quantitative estimate of drug-likeness (QED) is 0.587. The van der Waals surface area contributed by atoms with Gasteiger partial charge in [-0.15, -0.1) is 0 Å². The van der Waals surface area contributed by atoms with Gasteiger partial charge in [-0.2, -0.15) is 0 Å². The van der Waals surface area contributed by atoms with Crippen molar-refractivity contribution in [3.8, 4) is 0 Å². The lowest BCUT2D eigenvalue weighted by molar-refractivity contribution is -0.132. The van der Waals surface area contributed by atoms with E-state index in [2.05, 4.69) is 20.0 Å². The standard InChI is InChI=1S/C12H14N4O4/c1-3-8-11(18)15-10(17)6-16(8)9-5-13-7(4-14-9)12(19)20-2/h4-5,8H,3,6H2,1-2H3,(H,15,17,18). The maximum atomic E-state index is 11.7. The van der Waals surface area contributed by atoms with E-state index >= 15 is 0 Å². The van der Waals surface area contributed by atoms with Crippen molar-refractivity contribution in [2.24, 2.45) is 0 Å². The van der Waals surface area contributed by atoms with E-state index in [9.17, 15) is 14.4 Å². The molecule has 20 heavy (non-hydrogen) atoms. The average molecular weight is 278 g/mol. The van der Waals surface area contributed by atoms with Gasteiger partial charge in [-0.3, -0.25) is 14.9 Å². The number of nitrogens with one attached hydrogen (secondary N) is 1. The first-order valence-corrected chi connectivity index (χ1v) is 6.07. The van der Waals surface area contributed by atoms with Gasteiger partial charge in [0.25, 0.3) is 0 Å².